The Balaban J connectivity index is 1.91. The van der Waals surface area contributed by atoms with E-state index in [0.29, 0.717) is 16.8 Å². The predicted octanol–water partition coefficient (Wildman–Crippen LogP) is 1.54. The third-order valence-electron chi connectivity index (χ3n) is 2.78. The number of aliphatic hydroxyl groups is 1. The standard InChI is InChI=1S/C10H12BrNO3/c11-8-7(1-4-15-8)9(14)12-5-10(6-13)2-3-10/h1,4,13H,2-3,5-6H2,(H,12,14). The molecule has 1 fully saturated rings. The molecule has 1 aromatic heterocycles. The molecule has 1 saturated carbocycles. The van der Waals surface area contributed by atoms with E-state index in [1.807, 2.05) is 0 Å². The summed E-state index contributed by atoms with van der Waals surface area (Å²) < 4.78 is 5.40. The van der Waals surface area contributed by atoms with Crippen molar-refractivity contribution in [3.8, 4) is 0 Å². The van der Waals surface area contributed by atoms with Gasteiger partial charge >= 0.3 is 0 Å². The fourth-order valence-electron chi connectivity index (χ4n) is 1.39. The maximum Gasteiger partial charge on any atom is 0.255 e. The van der Waals surface area contributed by atoms with Crippen molar-refractivity contribution in [3.63, 3.8) is 0 Å². The van der Waals surface area contributed by atoms with Gasteiger partial charge in [-0.1, -0.05) is 0 Å². The monoisotopic (exact) mass is 273 g/mol. The Bertz CT molecular complexity index is 370. The summed E-state index contributed by atoms with van der Waals surface area (Å²) >= 11 is 3.14. The van der Waals surface area contributed by atoms with Crippen LogP contribution < -0.4 is 5.32 Å². The highest BCUT2D eigenvalue weighted by molar-refractivity contribution is 9.10. The second-order valence-corrected chi connectivity index (χ2v) is 4.67. The van der Waals surface area contributed by atoms with Crippen molar-refractivity contribution < 1.29 is 14.3 Å². The lowest BCUT2D eigenvalue weighted by atomic mass is 10.1. The van der Waals surface area contributed by atoms with Crippen molar-refractivity contribution in [2.45, 2.75) is 12.8 Å². The molecule has 4 nitrogen and oxygen atoms in total. The molecule has 1 aromatic rings. The lowest BCUT2D eigenvalue weighted by Crippen LogP contribution is -2.31. The smallest absolute Gasteiger partial charge is 0.255 e. The molecule has 0 saturated heterocycles. The van der Waals surface area contributed by atoms with Crippen LogP contribution in [-0.2, 0) is 0 Å². The molecule has 0 aromatic carbocycles. The fraction of sp³-hybridized carbons (Fsp3) is 0.500. The molecule has 5 heteroatoms. The zero-order valence-corrected chi connectivity index (χ0v) is 9.71. The average Bonchev–Trinajstić information content (AvgIpc) is 2.91. The zero-order valence-electron chi connectivity index (χ0n) is 8.12. The molecule has 1 amide bonds. The van der Waals surface area contributed by atoms with Crippen LogP contribution in [0.4, 0.5) is 0 Å². The Labute approximate surface area is 95.8 Å². The summed E-state index contributed by atoms with van der Waals surface area (Å²) in [5.74, 6) is -0.171. The number of aliphatic hydroxyl groups excluding tert-OH is 1. The van der Waals surface area contributed by atoms with E-state index in [1.54, 1.807) is 6.07 Å². The summed E-state index contributed by atoms with van der Waals surface area (Å²) in [4.78, 5) is 11.6. The molecular formula is C10H12BrNO3. The van der Waals surface area contributed by atoms with Gasteiger partial charge in [0.05, 0.1) is 18.4 Å². The van der Waals surface area contributed by atoms with Crippen LogP contribution in [0.25, 0.3) is 0 Å². The lowest BCUT2D eigenvalue weighted by Gasteiger charge is -2.11. The molecule has 0 atom stereocenters. The van der Waals surface area contributed by atoms with Crippen LogP contribution >= 0.6 is 15.9 Å². The summed E-state index contributed by atoms with van der Waals surface area (Å²) in [5, 5.41) is 11.9. The van der Waals surface area contributed by atoms with E-state index < -0.39 is 0 Å². The Kier molecular flexibility index (Phi) is 2.84. The highest BCUT2D eigenvalue weighted by Gasteiger charge is 2.42. The van der Waals surface area contributed by atoms with Crippen LogP contribution in [0.15, 0.2) is 21.4 Å². The highest BCUT2D eigenvalue weighted by Crippen LogP contribution is 2.44. The molecule has 0 bridgehead atoms. The van der Waals surface area contributed by atoms with Crippen LogP contribution in [0.2, 0.25) is 0 Å². The summed E-state index contributed by atoms with van der Waals surface area (Å²) in [7, 11) is 0. The second-order valence-electron chi connectivity index (χ2n) is 3.95. The SMILES string of the molecule is O=C(NCC1(CO)CC1)c1ccoc1Br. The van der Waals surface area contributed by atoms with Gasteiger partial charge in [0, 0.05) is 12.0 Å². The van der Waals surface area contributed by atoms with Crippen LogP contribution in [0.3, 0.4) is 0 Å². The molecule has 0 unspecified atom stereocenters. The molecule has 1 aliphatic carbocycles. The highest BCUT2D eigenvalue weighted by atomic mass is 79.9. The minimum absolute atomic E-state index is 0.0636. The largest absolute Gasteiger partial charge is 0.457 e. The first-order valence-corrected chi connectivity index (χ1v) is 5.58. The minimum Gasteiger partial charge on any atom is -0.457 e. The van der Waals surface area contributed by atoms with Gasteiger partial charge in [-0.05, 0) is 34.8 Å². The van der Waals surface area contributed by atoms with Gasteiger partial charge in [0.15, 0.2) is 4.67 Å². The quantitative estimate of drug-likeness (QED) is 0.875. The number of furan rings is 1. The Morgan fingerprint density at radius 2 is 2.40 bits per heavy atom. The lowest BCUT2D eigenvalue weighted by molar-refractivity contribution is 0.0933. The van der Waals surface area contributed by atoms with Crippen molar-refractivity contribution in [1.82, 2.24) is 5.32 Å². The Morgan fingerprint density at radius 3 is 2.87 bits per heavy atom. The molecule has 0 spiro atoms. The number of hydrogen-bond acceptors (Lipinski definition) is 3. The molecule has 2 N–H and O–H groups in total. The number of amides is 1. The van der Waals surface area contributed by atoms with Crippen molar-refractivity contribution in [2.24, 2.45) is 5.41 Å². The van der Waals surface area contributed by atoms with E-state index in [4.69, 9.17) is 9.52 Å². The Morgan fingerprint density at radius 1 is 1.67 bits per heavy atom. The first kappa shape index (κ1) is 10.7. The topological polar surface area (TPSA) is 62.5 Å². The van der Waals surface area contributed by atoms with E-state index in [1.165, 1.54) is 6.26 Å². The zero-order chi connectivity index (χ0) is 10.9. The van der Waals surface area contributed by atoms with E-state index in [0.717, 1.165) is 12.8 Å². The van der Waals surface area contributed by atoms with Crippen LogP contribution in [0, 0.1) is 5.41 Å². The van der Waals surface area contributed by atoms with Gasteiger partial charge < -0.3 is 14.8 Å². The van der Waals surface area contributed by atoms with Gasteiger partial charge in [-0.25, -0.2) is 0 Å². The van der Waals surface area contributed by atoms with Crippen molar-refractivity contribution in [2.75, 3.05) is 13.2 Å². The van der Waals surface area contributed by atoms with Crippen LogP contribution in [0.1, 0.15) is 23.2 Å². The van der Waals surface area contributed by atoms with Gasteiger partial charge in [-0.3, -0.25) is 4.79 Å². The molecule has 0 radical (unpaired) electrons. The molecular weight excluding hydrogens is 262 g/mol. The first-order chi connectivity index (χ1) is 7.17. The van der Waals surface area contributed by atoms with E-state index in [-0.39, 0.29) is 17.9 Å². The number of nitrogens with one attached hydrogen (secondary N) is 1. The molecule has 2 rings (SSSR count). The average molecular weight is 274 g/mol. The molecule has 15 heavy (non-hydrogen) atoms. The van der Waals surface area contributed by atoms with E-state index >= 15 is 0 Å². The predicted molar refractivity (Wildman–Crippen MR) is 57.5 cm³/mol. The molecule has 0 aliphatic heterocycles. The molecule has 1 heterocycles. The molecule has 82 valence electrons. The van der Waals surface area contributed by atoms with Gasteiger partial charge in [-0.2, -0.15) is 0 Å². The molecule has 1 aliphatic rings. The summed E-state index contributed by atoms with van der Waals surface area (Å²) in [6, 6.07) is 1.61. The van der Waals surface area contributed by atoms with E-state index in [2.05, 4.69) is 21.2 Å². The maximum atomic E-state index is 11.6. The van der Waals surface area contributed by atoms with Crippen LogP contribution in [0.5, 0.6) is 0 Å². The summed E-state index contributed by atoms with van der Waals surface area (Å²) in [6.07, 6.45) is 3.42. The summed E-state index contributed by atoms with van der Waals surface area (Å²) in [5.41, 5.74) is 0.426. The number of carbonyl (C=O) groups is 1. The van der Waals surface area contributed by atoms with Crippen molar-refractivity contribution >= 4 is 21.8 Å². The fourth-order valence-corrected chi connectivity index (χ4v) is 1.81. The first-order valence-electron chi connectivity index (χ1n) is 4.79. The maximum absolute atomic E-state index is 11.6. The summed E-state index contributed by atoms with van der Waals surface area (Å²) in [6.45, 7) is 0.666. The van der Waals surface area contributed by atoms with Gasteiger partial charge in [0.1, 0.15) is 0 Å². The van der Waals surface area contributed by atoms with Crippen molar-refractivity contribution in [1.29, 1.82) is 0 Å². The van der Waals surface area contributed by atoms with Gasteiger partial charge in [0.25, 0.3) is 5.91 Å². The van der Waals surface area contributed by atoms with Crippen LogP contribution in [-0.4, -0.2) is 24.2 Å². The van der Waals surface area contributed by atoms with Gasteiger partial charge in [-0.15, -0.1) is 0 Å². The normalized spacial score (nSPS) is 17.5. The number of hydrogen-bond donors (Lipinski definition) is 2. The number of halogens is 1. The minimum atomic E-state index is -0.171. The number of rotatable bonds is 4. The third-order valence-corrected chi connectivity index (χ3v) is 3.39. The Hall–Kier alpha value is -0.810. The van der Waals surface area contributed by atoms with Gasteiger partial charge in [0.2, 0.25) is 0 Å². The van der Waals surface area contributed by atoms with Crippen molar-refractivity contribution in [3.05, 3.63) is 22.6 Å². The van der Waals surface area contributed by atoms with E-state index in [9.17, 15) is 4.79 Å². The second kappa shape index (κ2) is 3.98. The number of carbonyl (C=O) groups excluding carboxylic acids is 1. The third kappa shape index (κ3) is 2.23.